The molecule has 2 N–H and O–H groups in total. The van der Waals surface area contributed by atoms with Gasteiger partial charge in [-0.2, -0.15) is 4.98 Å². The van der Waals surface area contributed by atoms with Crippen LogP contribution in [0.15, 0.2) is 28.8 Å². The van der Waals surface area contributed by atoms with Crippen LogP contribution in [-0.4, -0.2) is 45.2 Å². The molecule has 0 bridgehead atoms. The number of hydrogen-bond acceptors (Lipinski definition) is 6. The van der Waals surface area contributed by atoms with Gasteiger partial charge in [-0.05, 0) is 31.9 Å². The lowest BCUT2D eigenvalue weighted by molar-refractivity contribution is 0.0678. The Bertz CT molecular complexity index is 685. The molecule has 0 aliphatic carbocycles. The third kappa shape index (κ3) is 3.34. The number of aromatic nitrogens is 2. The molecule has 3 rings (SSSR count). The first-order valence-corrected chi connectivity index (χ1v) is 7.73. The van der Waals surface area contributed by atoms with E-state index in [9.17, 15) is 9.90 Å². The van der Waals surface area contributed by atoms with Gasteiger partial charge in [-0.1, -0.05) is 17.3 Å². The number of anilines is 1. The largest absolute Gasteiger partial charge is 0.394 e. The molecular formula is C16H20N4O3. The van der Waals surface area contributed by atoms with Crippen LogP contribution in [0.25, 0.3) is 0 Å². The van der Waals surface area contributed by atoms with Gasteiger partial charge in [0.1, 0.15) is 0 Å². The van der Waals surface area contributed by atoms with Crippen LogP contribution in [0.2, 0.25) is 0 Å². The van der Waals surface area contributed by atoms with Gasteiger partial charge in [-0.15, -0.1) is 0 Å². The van der Waals surface area contributed by atoms with Crippen molar-refractivity contribution in [3.8, 4) is 0 Å². The highest BCUT2D eigenvalue weighted by Gasteiger charge is 2.29. The average molecular weight is 316 g/mol. The molecule has 1 atom stereocenters. The summed E-state index contributed by atoms with van der Waals surface area (Å²) in [5.74, 6) is 0.986. The normalized spacial score (nSPS) is 17.5. The molecule has 1 aliphatic heterocycles. The number of nitrogens with one attached hydrogen (secondary N) is 1. The van der Waals surface area contributed by atoms with Gasteiger partial charge in [-0.25, -0.2) is 0 Å². The maximum Gasteiger partial charge on any atom is 0.256 e. The second-order valence-electron chi connectivity index (χ2n) is 5.61. The predicted molar refractivity (Wildman–Crippen MR) is 83.9 cm³/mol. The summed E-state index contributed by atoms with van der Waals surface area (Å²) < 4.78 is 5.07. The smallest absolute Gasteiger partial charge is 0.256 e. The van der Waals surface area contributed by atoms with E-state index in [0.717, 1.165) is 18.5 Å². The van der Waals surface area contributed by atoms with E-state index < -0.39 is 0 Å². The van der Waals surface area contributed by atoms with Gasteiger partial charge in [-0.3, -0.25) is 4.79 Å². The van der Waals surface area contributed by atoms with E-state index in [1.807, 2.05) is 18.2 Å². The van der Waals surface area contributed by atoms with E-state index in [4.69, 9.17) is 4.52 Å². The van der Waals surface area contributed by atoms with Gasteiger partial charge in [0, 0.05) is 12.2 Å². The fourth-order valence-corrected chi connectivity index (χ4v) is 2.85. The second kappa shape index (κ2) is 6.78. The summed E-state index contributed by atoms with van der Waals surface area (Å²) in [6, 6.07) is 7.25. The van der Waals surface area contributed by atoms with Crippen molar-refractivity contribution in [3.63, 3.8) is 0 Å². The van der Waals surface area contributed by atoms with Crippen molar-refractivity contribution in [1.29, 1.82) is 0 Å². The summed E-state index contributed by atoms with van der Waals surface area (Å²) in [7, 11) is 0. The molecule has 23 heavy (non-hydrogen) atoms. The number of aliphatic hydroxyl groups excluding tert-OH is 1. The van der Waals surface area contributed by atoms with Crippen LogP contribution in [0.3, 0.4) is 0 Å². The molecule has 0 spiro atoms. The molecule has 0 saturated carbocycles. The van der Waals surface area contributed by atoms with Crippen LogP contribution >= 0.6 is 0 Å². The third-order valence-electron chi connectivity index (χ3n) is 4.01. The van der Waals surface area contributed by atoms with Crippen LogP contribution in [0.4, 0.5) is 5.69 Å². The lowest BCUT2D eigenvalue weighted by Crippen LogP contribution is -2.37. The fraction of sp³-hybridized carbons (Fsp3) is 0.438. The van der Waals surface area contributed by atoms with E-state index >= 15 is 0 Å². The SMILES string of the molecule is Cc1noc(CNc2ccccc2C(=O)N2CCC[C@@H]2CO)n1. The first kappa shape index (κ1) is 15.5. The Labute approximate surface area is 134 Å². The molecule has 7 heteroatoms. The molecule has 122 valence electrons. The van der Waals surface area contributed by atoms with Gasteiger partial charge in [0.25, 0.3) is 5.91 Å². The first-order chi connectivity index (χ1) is 11.2. The molecule has 7 nitrogen and oxygen atoms in total. The standard InChI is InChI=1S/C16H20N4O3/c1-11-18-15(23-19-11)9-17-14-7-3-2-6-13(14)16(22)20-8-4-5-12(20)10-21/h2-3,6-7,12,17,21H,4-5,8-10H2,1H3/t12-/m1/s1. The van der Waals surface area contributed by atoms with Gasteiger partial charge >= 0.3 is 0 Å². The summed E-state index contributed by atoms with van der Waals surface area (Å²) in [6.07, 6.45) is 1.77. The van der Waals surface area contributed by atoms with Crippen molar-refractivity contribution < 1.29 is 14.4 Å². The summed E-state index contributed by atoms with van der Waals surface area (Å²) in [4.78, 5) is 18.7. The van der Waals surface area contributed by atoms with Crippen LogP contribution < -0.4 is 5.32 Å². The van der Waals surface area contributed by atoms with Crippen LogP contribution in [0.5, 0.6) is 0 Å². The maximum atomic E-state index is 12.8. The summed E-state index contributed by atoms with van der Waals surface area (Å²) >= 11 is 0. The number of para-hydroxylation sites is 1. The number of aryl methyl sites for hydroxylation is 1. The number of likely N-dealkylation sites (tertiary alicyclic amines) is 1. The van der Waals surface area contributed by atoms with E-state index in [0.29, 0.717) is 30.4 Å². The van der Waals surface area contributed by atoms with Crippen molar-refractivity contribution in [3.05, 3.63) is 41.5 Å². The first-order valence-electron chi connectivity index (χ1n) is 7.73. The van der Waals surface area contributed by atoms with E-state index in [1.165, 1.54) is 0 Å². The van der Waals surface area contributed by atoms with Crippen LogP contribution in [-0.2, 0) is 6.54 Å². The summed E-state index contributed by atoms with van der Waals surface area (Å²) in [6.45, 7) is 2.80. The van der Waals surface area contributed by atoms with Crippen molar-refractivity contribution in [2.45, 2.75) is 32.4 Å². The number of benzene rings is 1. The van der Waals surface area contributed by atoms with Crippen molar-refractivity contribution in [2.24, 2.45) is 0 Å². The molecule has 2 heterocycles. The molecule has 1 aromatic carbocycles. The zero-order valence-electron chi connectivity index (χ0n) is 13.0. The highest BCUT2D eigenvalue weighted by Crippen LogP contribution is 2.24. The van der Waals surface area contributed by atoms with Crippen molar-refractivity contribution in [1.82, 2.24) is 15.0 Å². The highest BCUT2D eigenvalue weighted by atomic mass is 16.5. The third-order valence-corrected chi connectivity index (χ3v) is 4.01. The maximum absolute atomic E-state index is 12.8. The van der Waals surface area contributed by atoms with Crippen LogP contribution in [0.1, 0.15) is 34.9 Å². The lowest BCUT2D eigenvalue weighted by atomic mass is 10.1. The molecule has 1 amide bonds. The summed E-state index contributed by atoms with van der Waals surface area (Å²) in [5, 5.41) is 16.3. The Morgan fingerprint density at radius 3 is 3.04 bits per heavy atom. The molecule has 1 saturated heterocycles. The van der Waals surface area contributed by atoms with E-state index in [-0.39, 0.29) is 18.6 Å². The number of carbonyl (C=O) groups is 1. The van der Waals surface area contributed by atoms with E-state index in [1.54, 1.807) is 17.9 Å². The van der Waals surface area contributed by atoms with Crippen molar-refractivity contribution >= 4 is 11.6 Å². The Hall–Kier alpha value is -2.41. The van der Waals surface area contributed by atoms with Gasteiger partial charge in [0.05, 0.1) is 24.8 Å². The zero-order chi connectivity index (χ0) is 16.2. The fourth-order valence-electron chi connectivity index (χ4n) is 2.85. The summed E-state index contributed by atoms with van der Waals surface area (Å²) in [5.41, 5.74) is 1.31. The quantitative estimate of drug-likeness (QED) is 0.870. The molecular weight excluding hydrogens is 296 g/mol. The number of hydrogen-bond donors (Lipinski definition) is 2. The average Bonchev–Trinajstić information content (AvgIpc) is 3.21. The molecule has 0 radical (unpaired) electrons. The van der Waals surface area contributed by atoms with Gasteiger partial charge in [0.15, 0.2) is 5.82 Å². The predicted octanol–water partition coefficient (Wildman–Crippen LogP) is 1.59. The molecule has 1 aromatic heterocycles. The Kier molecular flexibility index (Phi) is 4.57. The van der Waals surface area contributed by atoms with Crippen LogP contribution in [0, 0.1) is 6.92 Å². The van der Waals surface area contributed by atoms with Gasteiger partial charge in [0.2, 0.25) is 5.89 Å². The number of aliphatic hydroxyl groups is 1. The topological polar surface area (TPSA) is 91.5 Å². The zero-order valence-corrected chi connectivity index (χ0v) is 13.0. The lowest BCUT2D eigenvalue weighted by Gasteiger charge is -2.24. The minimum absolute atomic E-state index is 0.00258. The Balaban J connectivity index is 1.76. The number of nitrogens with zero attached hydrogens (tertiary/aromatic N) is 3. The highest BCUT2D eigenvalue weighted by molar-refractivity contribution is 5.99. The number of carbonyl (C=O) groups excluding carboxylic acids is 1. The number of rotatable bonds is 5. The molecule has 1 aliphatic rings. The Morgan fingerprint density at radius 1 is 1.48 bits per heavy atom. The monoisotopic (exact) mass is 316 g/mol. The molecule has 2 aromatic rings. The minimum atomic E-state index is -0.0888. The molecule has 1 fully saturated rings. The van der Waals surface area contributed by atoms with Crippen molar-refractivity contribution in [2.75, 3.05) is 18.5 Å². The Morgan fingerprint density at radius 2 is 2.30 bits per heavy atom. The second-order valence-corrected chi connectivity index (χ2v) is 5.61. The molecule has 0 unspecified atom stereocenters. The van der Waals surface area contributed by atoms with E-state index in [2.05, 4.69) is 15.5 Å². The van der Waals surface area contributed by atoms with Gasteiger partial charge < -0.3 is 19.8 Å². The number of amides is 1. The minimum Gasteiger partial charge on any atom is -0.394 e.